The van der Waals surface area contributed by atoms with Crippen molar-refractivity contribution >= 4 is 29.2 Å². The molecule has 0 saturated heterocycles. The Morgan fingerprint density at radius 1 is 1.00 bits per heavy atom. The number of amides is 2. The maximum absolute atomic E-state index is 13.9. The number of allylic oxidation sites excluding steroid dienone is 2. The summed E-state index contributed by atoms with van der Waals surface area (Å²) in [5, 5.41) is 14.4. The Morgan fingerprint density at radius 2 is 1.68 bits per heavy atom. The van der Waals surface area contributed by atoms with Gasteiger partial charge in [-0.25, -0.2) is 4.39 Å². The molecule has 0 spiro atoms. The number of aliphatic carboxylic acids is 1. The molecule has 2 aliphatic rings. The highest BCUT2D eigenvalue weighted by Crippen LogP contribution is 2.31. The number of nitrogens with one attached hydrogen (secondary N) is 2. The Bertz CT molecular complexity index is 743. The van der Waals surface area contributed by atoms with Gasteiger partial charge in [0.1, 0.15) is 5.82 Å². The highest BCUT2D eigenvalue weighted by molar-refractivity contribution is 5.97. The first-order chi connectivity index (χ1) is 12.0. The molecule has 2 atom stereocenters. The van der Waals surface area contributed by atoms with Crippen LogP contribution in [0.15, 0.2) is 30.4 Å². The van der Waals surface area contributed by atoms with Gasteiger partial charge in [0, 0.05) is 11.6 Å². The molecule has 0 aliphatic heterocycles. The third-order valence-electron chi connectivity index (χ3n) is 4.53. The predicted octanol–water partition coefficient (Wildman–Crippen LogP) is 2.78. The fourth-order valence-electron chi connectivity index (χ4n) is 2.89. The van der Waals surface area contributed by atoms with Gasteiger partial charge >= 0.3 is 5.97 Å². The van der Waals surface area contributed by atoms with E-state index in [2.05, 4.69) is 10.6 Å². The second kappa shape index (κ2) is 7.04. The molecule has 132 valence electrons. The standard InChI is InChI=1S/C18H19FN2O4/c19-14-8-7-11(9-15(14)21-16(22)10-5-6-10)20-17(23)12-3-1-2-4-13(12)18(24)25/h1-2,7-10,12-13H,3-6H2,(H,20,23)(H,21,22)(H,24,25)/t12-,13+/m1/s1. The molecule has 3 rings (SSSR count). The van der Waals surface area contributed by atoms with E-state index < -0.39 is 29.5 Å². The SMILES string of the molecule is O=C(Nc1cc(NC(=O)[C@@H]2CC=CC[C@@H]2C(=O)O)ccc1F)C1CC1. The third kappa shape index (κ3) is 4.04. The van der Waals surface area contributed by atoms with Gasteiger partial charge in [0.25, 0.3) is 0 Å². The quantitative estimate of drug-likeness (QED) is 0.715. The fourth-order valence-corrected chi connectivity index (χ4v) is 2.89. The average molecular weight is 346 g/mol. The van der Waals surface area contributed by atoms with Gasteiger partial charge in [-0.3, -0.25) is 14.4 Å². The Kier molecular flexibility index (Phi) is 4.83. The van der Waals surface area contributed by atoms with Crippen molar-refractivity contribution in [2.45, 2.75) is 25.7 Å². The van der Waals surface area contributed by atoms with Gasteiger partial charge in [0.2, 0.25) is 11.8 Å². The molecule has 0 heterocycles. The molecular weight excluding hydrogens is 327 g/mol. The number of carboxylic acid groups (broad SMARTS) is 1. The lowest BCUT2D eigenvalue weighted by atomic mass is 9.82. The smallest absolute Gasteiger partial charge is 0.307 e. The van der Waals surface area contributed by atoms with Gasteiger partial charge in [-0.2, -0.15) is 0 Å². The van der Waals surface area contributed by atoms with Gasteiger partial charge in [-0.15, -0.1) is 0 Å². The molecular formula is C18H19FN2O4. The maximum atomic E-state index is 13.9. The summed E-state index contributed by atoms with van der Waals surface area (Å²) in [6.45, 7) is 0. The van der Waals surface area contributed by atoms with Crippen LogP contribution in [0.4, 0.5) is 15.8 Å². The van der Waals surface area contributed by atoms with Crippen LogP contribution < -0.4 is 10.6 Å². The summed E-state index contributed by atoms with van der Waals surface area (Å²) in [6.07, 6.45) is 5.79. The van der Waals surface area contributed by atoms with Crippen molar-refractivity contribution in [1.82, 2.24) is 0 Å². The van der Waals surface area contributed by atoms with E-state index in [0.29, 0.717) is 18.5 Å². The lowest BCUT2D eigenvalue weighted by Crippen LogP contribution is -2.34. The summed E-state index contributed by atoms with van der Waals surface area (Å²) in [6, 6.07) is 3.89. The van der Waals surface area contributed by atoms with E-state index in [1.807, 2.05) is 0 Å². The number of halogens is 1. The van der Waals surface area contributed by atoms with E-state index in [1.165, 1.54) is 12.1 Å². The topological polar surface area (TPSA) is 95.5 Å². The zero-order chi connectivity index (χ0) is 18.0. The van der Waals surface area contributed by atoms with Gasteiger partial charge in [-0.1, -0.05) is 12.2 Å². The fraction of sp³-hybridized carbons (Fsp3) is 0.389. The highest BCUT2D eigenvalue weighted by atomic mass is 19.1. The van der Waals surface area contributed by atoms with Crippen LogP contribution in [0.1, 0.15) is 25.7 Å². The van der Waals surface area contributed by atoms with Crippen molar-refractivity contribution in [2.24, 2.45) is 17.8 Å². The lowest BCUT2D eigenvalue weighted by molar-refractivity contribution is -0.146. The summed E-state index contributed by atoms with van der Waals surface area (Å²) in [5.41, 5.74) is 0.323. The molecule has 2 aliphatic carbocycles. The molecule has 0 unspecified atom stereocenters. The molecule has 1 aromatic carbocycles. The van der Waals surface area contributed by atoms with E-state index in [0.717, 1.165) is 18.9 Å². The number of carboxylic acids is 1. The van der Waals surface area contributed by atoms with E-state index >= 15 is 0 Å². The van der Waals surface area contributed by atoms with Gasteiger partial charge in [0.15, 0.2) is 0 Å². The van der Waals surface area contributed by atoms with Crippen LogP contribution >= 0.6 is 0 Å². The normalized spacial score (nSPS) is 22.3. The van der Waals surface area contributed by atoms with Gasteiger partial charge in [-0.05, 0) is 43.9 Å². The summed E-state index contributed by atoms with van der Waals surface area (Å²) >= 11 is 0. The minimum Gasteiger partial charge on any atom is -0.481 e. The van der Waals surface area contributed by atoms with E-state index in [1.54, 1.807) is 12.2 Å². The number of rotatable bonds is 5. The monoisotopic (exact) mass is 346 g/mol. The number of hydrogen-bond acceptors (Lipinski definition) is 3. The molecule has 2 amide bonds. The van der Waals surface area contributed by atoms with Crippen molar-refractivity contribution in [2.75, 3.05) is 10.6 Å². The second-order valence-electron chi connectivity index (χ2n) is 6.44. The summed E-state index contributed by atoms with van der Waals surface area (Å²) < 4.78 is 13.9. The molecule has 1 fully saturated rings. The van der Waals surface area contributed by atoms with Crippen LogP contribution in [0.3, 0.4) is 0 Å². The first-order valence-corrected chi connectivity index (χ1v) is 8.25. The lowest BCUT2D eigenvalue weighted by Gasteiger charge is -2.24. The number of carbonyl (C=O) groups excluding carboxylic acids is 2. The Morgan fingerprint density at radius 3 is 2.32 bits per heavy atom. The summed E-state index contributed by atoms with van der Waals surface area (Å²) in [4.78, 5) is 35.5. The Labute approximate surface area is 144 Å². The Balaban J connectivity index is 1.71. The van der Waals surface area contributed by atoms with E-state index in [9.17, 15) is 23.9 Å². The molecule has 0 radical (unpaired) electrons. The molecule has 6 nitrogen and oxygen atoms in total. The molecule has 0 aromatic heterocycles. The second-order valence-corrected chi connectivity index (χ2v) is 6.44. The zero-order valence-electron chi connectivity index (χ0n) is 13.5. The number of hydrogen-bond donors (Lipinski definition) is 3. The van der Waals surface area contributed by atoms with Gasteiger partial charge in [0.05, 0.1) is 17.5 Å². The number of carbonyl (C=O) groups is 3. The first-order valence-electron chi connectivity index (χ1n) is 8.25. The van der Waals surface area contributed by atoms with Crippen LogP contribution in [0.2, 0.25) is 0 Å². The van der Waals surface area contributed by atoms with Crippen LogP contribution in [-0.2, 0) is 14.4 Å². The van der Waals surface area contributed by atoms with Crippen molar-refractivity contribution in [3.63, 3.8) is 0 Å². The third-order valence-corrected chi connectivity index (χ3v) is 4.53. The van der Waals surface area contributed by atoms with Crippen LogP contribution in [0.5, 0.6) is 0 Å². The summed E-state index contributed by atoms with van der Waals surface area (Å²) in [7, 11) is 0. The van der Waals surface area contributed by atoms with Crippen molar-refractivity contribution < 1.29 is 23.9 Å². The average Bonchev–Trinajstić information content (AvgIpc) is 3.43. The van der Waals surface area contributed by atoms with E-state index in [-0.39, 0.29) is 17.5 Å². The minimum absolute atomic E-state index is 0.00743. The zero-order valence-corrected chi connectivity index (χ0v) is 13.5. The van der Waals surface area contributed by atoms with Crippen LogP contribution in [0, 0.1) is 23.6 Å². The highest BCUT2D eigenvalue weighted by Gasteiger charge is 2.34. The van der Waals surface area contributed by atoms with Crippen LogP contribution in [-0.4, -0.2) is 22.9 Å². The molecule has 3 N–H and O–H groups in total. The van der Waals surface area contributed by atoms with Crippen molar-refractivity contribution in [1.29, 1.82) is 0 Å². The van der Waals surface area contributed by atoms with Crippen molar-refractivity contribution in [3.8, 4) is 0 Å². The molecule has 1 aromatic rings. The Hall–Kier alpha value is -2.70. The summed E-state index contributed by atoms with van der Waals surface area (Å²) in [5.74, 6) is -3.79. The minimum atomic E-state index is -1.01. The maximum Gasteiger partial charge on any atom is 0.307 e. The number of anilines is 2. The van der Waals surface area contributed by atoms with Crippen LogP contribution in [0.25, 0.3) is 0 Å². The predicted molar refractivity (Wildman–Crippen MR) is 89.4 cm³/mol. The van der Waals surface area contributed by atoms with Gasteiger partial charge < -0.3 is 15.7 Å². The largest absolute Gasteiger partial charge is 0.481 e. The first kappa shape index (κ1) is 17.1. The van der Waals surface area contributed by atoms with E-state index in [4.69, 9.17) is 0 Å². The molecule has 7 heteroatoms. The number of benzene rings is 1. The molecule has 1 saturated carbocycles. The molecule has 25 heavy (non-hydrogen) atoms. The molecule has 0 bridgehead atoms. The van der Waals surface area contributed by atoms with Crippen molar-refractivity contribution in [3.05, 3.63) is 36.2 Å².